The molecule has 2 saturated carbocycles. The fourth-order valence-electron chi connectivity index (χ4n) is 4.44. The van der Waals surface area contributed by atoms with Crippen LogP contribution in [-0.2, 0) is 9.68 Å². The standard InChI is InChI=1S/C14H15ClF2N4S.C8H5Cl2N3S.C6H11F2N.CH2O3.ClH.2Cs.H/c1-8-7-22-13(18-8)12-20-10(15)6-11(21-12)19-9-2-4-14(16,17)5-3-9;1-4-3-14-8(11-4)7-12-5(9)2-6(10)13-7;7-6(8)3-1-5(9)2-4-6;2-1-4-3;;;;/h6-7,9H,2-5H2,1H3,(H,19,20,21);2-3H,1H3;5H,1-4,9H2;1,3H;1H;;;/q;;;;;2*+1;-1/p-1. The third kappa shape index (κ3) is 20.3. The number of halogens is 8. The topological polar surface area (TPSA) is 165 Å². The van der Waals surface area contributed by atoms with E-state index in [0.29, 0.717) is 63.6 Å². The first-order valence-electron chi connectivity index (χ1n) is 14.7. The van der Waals surface area contributed by atoms with Crippen LogP contribution in [0.5, 0.6) is 0 Å². The summed E-state index contributed by atoms with van der Waals surface area (Å²) in [5.41, 5.74) is 7.25. The van der Waals surface area contributed by atoms with Crippen LogP contribution in [0.3, 0.4) is 0 Å². The van der Waals surface area contributed by atoms with Crippen molar-refractivity contribution in [2.75, 3.05) is 5.32 Å². The quantitative estimate of drug-likeness (QED) is 0.0992. The van der Waals surface area contributed by atoms with Crippen LogP contribution in [0, 0.1) is 13.8 Å². The fourth-order valence-corrected chi connectivity index (χ4v) is 6.51. The molecule has 0 aliphatic heterocycles. The molecule has 0 spiro atoms. The van der Waals surface area contributed by atoms with E-state index >= 15 is 0 Å². The number of carbonyl (C=O) groups excluding carboxylic acids is 1. The van der Waals surface area contributed by atoms with E-state index in [4.69, 9.17) is 50.6 Å². The van der Waals surface area contributed by atoms with E-state index in [1.54, 1.807) is 6.07 Å². The summed E-state index contributed by atoms with van der Waals surface area (Å²) in [7, 11) is 0. The number of nitrogens with one attached hydrogen (secondary N) is 1. The molecule has 2 fully saturated rings. The van der Waals surface area contributed by atoms with Crippen LogP contribution in [0.1, 0.15) is 64.2 Å². The Labute approximate surface area is 446 Å². The third-order valence-electron chi connectivity index (χ3n) is 6.85. The van der Waals surface area contributed by atoms with Crippen molar-refractivity contribution in [1.82, 2.24) is 29.9 Å². The van der Waals surface area contributed by atoms with Gasteiger partial charge in [-0.1, -0.05) is 34.8 Å². The Kier molecular flexibility index (Phi) is 27.4. The Morgan fingerprint density at radius 1 is 0.808 bits per heavy atom. The zero-order valence-electron chi connectivity index (χ0n) is 29.6. The Bertz CT molecular complexity index is 1640. The van der Waals surface area contributed by atoms with Crippen molar-refractivity contribution < 1.29 is 172 Å². The Hall–Kier alpha value is 1.59. The second-order valence-electron chi connectivity index (χ2n) is 11.0. The molecule has 0 atom stereocenters. The molecule has 0 aromatic carbocycles. The normalized spacial score (nSPS) is 15.9. The maximum Gasteiger partial charge on any atom is 1.00 e. The Balaban J connectivity index is 0. The first-order chi connectivity index (χ1) is 23.1. The van der Waals surface area contributed by atoms with Gasteiger partial charge in [0.25, 0.3) is 6.47 Å². The summed E-state index contributed by atoms with van der Waals surface area (Å²) < 4.78 is 51.0. The van der Waals surface area contributed by atoms with Crippen molar-refractivity contribution in [3.8, 4) is 21.7 Å². The van der Waals surface area contributed by atoms with Gasteiger partial charge in [-0.05, 0) is 39.5 Å². The summed E-state index contributed by atoms with van der Waals surface area (Å²) in [6, 6.07) is 3.10. The largest absolute Gasteiger partial charge is 1.00 e. The smallest absolute Gasteiger partial charge is 1.00 e. The predicted octanol–water partition coefficient (Wildman–Crippen LogP) is 2.27. The summed E-state index contributed by atoms with van der Waals surface area (Å²) in [5.74, 6) is -3.48. The van der Waals surface area contributed by atoms with E-state index in [1.807, 2.05) is 24.6 Å². The summed E-state index contributed by atoms with van der Waals surface area (Å²) in [5, 5.41) is 17.8. The molecule has 23 heteroatoms. The summed E-state index contributed by atoms with van der Waals surface area (Å²) in [6.07, 6.45) is 1.56. The van der Waals surface area contributed by atoms with Gasteiger partial charge in [0.2, 0.25) is 11.8 Å². The van der Waals surface area contributed by atoms with Gasteiger partial charge in [0.05, 0.1) is 0 Å². The van der Waals surface area contributed by atoms with Crippen LogP contribution >= 0.6 is 69.9 Å². The molecule has 278 valence electrons. The number of thiazole rings is 2. The third-order valence-corrected chi connectivity index (χ3v) is 9.34. The molecule has 0 unspecified atom stereocenters. The van der Waals surface area contributed by atoms with Crippen LogP contribution in [0.4, 0.5) is 23.4 Å². The van der Waals surface area contributed by atoms with E-state index in [2.05, 4.69) is 40.1 Å². The van der Waals surface area contributed by atoms with Crippen LogP contribution < -0.4 is 154 Å². The molecule has 3 N–H and O–H groups in total. The van der Waals surface area contributed by atoms with Gasteiger partial charge >= 0.3 is 138 Å². The van der Waals surface area contributed by atoms with Crippen molar-refractivity contribution in [2.24, 2.45) is 5.73 Å². The van der Waals surface area contributed by atoms with Crippen molar-refractivity contribution >= 4 is 82.2 Å². The zero-order chi connectivity index (χ0) is 36.2. The Morgan fingerprint density at radius 3 is 1.56 bits per heavy atom. The summed E-state index contributed by atoms with van der Waals surface area (Å²) in [4.78, 5) is 36.5. The SMILES string of the molecule is Cc1csc(-c2nc(Cl)cc(Cl)n2)n1.Cc1csc(-c2nc(Cl)cc(NC3CCC(F)(F)CC3)n2)n1.Cl.NC1CCC(F)(F)CC1.O=CO[O-].[Cs+].[Cs+].[H-]. The molecular weight excluding hydrogens is 1060 g/mol. The average molecular weight is 1090 g/mol. The second-order valence-corrected chi connectivity index (χ2v) is 13.9. The van der Waals surface area contributed by atoms with Crippen LogP contribution in [0.2, 0.25) is 15.5 Å². The number of hydrogen-bond acceptors (Lipinski definition) is 13. The number of aromatic nitrogens is 6. The minimum absolute atomic E-state index is 0. The predicted molar refractivity (Wildman–Crippen MR) is 189 cm³/mol. The molecule has 0 amide bonds. The Morgan fingerprint density at radius 2 is 1.19 bits per heavy atom. The van der Waals surface area contributed by atoms with Gasteiger partial charge in [0, 0.05) is 72.0 Å². The zero-order valence-corrected chi connectivity index (χ0v) is 45.8. The summed E-state index contributed by atoms with van der Waals surface area (Å²) >= 11 is 20.4. The molecule has 4 aromatic heterocycles. The van der Waals surface area contributed by atoms with Crippen molar-refractivity contribution in [1.29, 1.82) is 0 Å². The van der Waals surface area contributed by atoms with E-state index in [0.717, 1.165) is 16.4 Å². The molecular formula is C29H34Cl4Cs2F4N8O3S2. The van der Waals surface area contributed by atoms with Gasteiger partial charge < -0.3 is 22.6 Å². The monoisotopic (exact) mass is 1090 g/mol. The van der Waals surface area contributed by atoms with Gasteiger partial charge in [0.1, 0.15) is 21.3 Å². The molecule has 0 bridgehead atoms. The van der Waals surface area contributed by atoms with E-state index in [1.165, 1.54) is 28.7 Å². The number of anilines is 1. The number of aryl methyl sites for hydroxylation is 2. The first kappa shape index (κ1) is 53.6. The number of nitrogens with zero attached hydrogens (tertiary/aromatic N) is 6. The van der Waals surface area contributed by atoms with Gasteiger partial charge in [-0.25, -0.2) is 47.5 Å². The number of carbonyl (C=O) groups is 1. The molecule has 2 aliphatic rings. The minimum Gasteiger partial charge on any atom is -1.00 e. The van der Waals surface area contributed by atoms with Crippen LogP contribution in [0.25, 0.3) is 21.7 Å². The minimum atomic E-state index is -2.54. The van der Waals surface area contributed by atoms with Gasteiger partial charge in [-0.3, -0.25) is 4.79 Å². The molecule has 52 heavy (non-hydrogen) atoms. The molecule has 0 saturated heterocycles. The molecule has 4 heterocycles. The fraction of sp³-hybridized carbons (Fsp3) is 0.483. The van der Waals surface area contributed by atoms with Crippen molar-refractivity contribution in [2.45, 2.75) is 89.1 Å². The van der Waals surface area contributed by atoms with E-state index in [9.17, 15) is 17.6 Å². The second kappa shape index (κ2) is 26.6. The number of rotatable bonds is 5. The van der Waals surface area contributed by atoms with Gasteiger partial charge in [-0.15, -0.1) is 35.1 Å². The van der Waals surface area contributed by atoms with Gasteiger partial charge in [-0.2, -0.15) is 0 Å². The van der Waals surface area contributed by atoms with Crippen molar-refractivity contribution in [3.63, 3.8) is 0 Å². The van der Waals surface area contributed by atoms with Crippen LogP contribution in [0.15, 0.2) is 22.9 Å². The summed E-state index contributed by atoms with van der Waals surface area (Å²) in [6.45, 7) is 3.62. The molecule has 6 rings (SSSR count). The first-order valence-corrected chi connectivity index (χ1v) is 17.6. The maximum atomic E-state index is 13.2. The number of hydrogen-bond donors (Lipinski definition) is 2. The number of nitrogens with two attached hydrogens (primary N) is 1. The number of alkyl halides is 4. The maximum absolute atomic E-state index is 13.2. The van der Waals surface area contributed by atoms with Crippen molar-refractivity contribution in [3.05, 3.63) is 49.7 Å². The van der Waals surface area contributed by atoms with E-state index < -0.39 is 11.8 Å². The van der Waals surface area contributed by atoms with E-state index in [-0.39, 0.29) is 196 Å². The van der Waals surface area contributed by atoms with Gasteiger partial charge in [0.15, 0.2) is 21.7 Å². The van der Waals surface area contributed by atoms with Crippen LogP contribution in [-0.4, -0.2) is 60.3 Å². The average Bonchev–Trinajstić information content (AvgIpc) is 3.68. The molecule has 2 aliphatic carbocycles. The molecule has 11 nitrogen and oxygen atoms in total. The molecule has 0 radical (unpaired) electrons. The molecule has 4 aromatic rings.